The Balaban J connectivity index is 1.99. The van der Waals surface area contributed by atoms with Crippen molar-refractivity contribution in [1.29, 1.82) is 0 Å². The lowest BCUT2D eigenvalue weighted by Crippen LogP contribution is -2.55. The van der Waals surface area contributed by atoms with Gasteiger partial charge in [0.05, 0.1) is 11.7 Å². The largest absolute Gasteiger partial charge is 0.396 e. The third-order valence-electron chi connectivity index (χ3n) is 6.37. The van der Waals surface area contributed by atoms with Crippen LogP contribution in [0.4, 0.5) is 0 Å². The normalized spacial score (nSPS) is 55.9. The van der Waals surface area contributed by atoms with Gasteiger partial charge in [0.1, 0.15) is 0 Å². The second-order valence-electron chi connectivity index (χ2n) is 7.66. The second-order valence-corrected chi connectivity index (χ2v) is 7.66. The van der Waals surface area contributed by atoms with E-state index in [1.54, 1.807) is 0 Å². The summed E-state index contributed by atoms with van der Waals surface area (Å²) >= 11 is 0. The van der Waals surface area contributed by atoms with Crippen LogP contribution in [-0.2, 0) is 4.74 Å². The molecule has 3 aliphatic rings. The van der Waals surface area contributed by atoms with E-state index in [9.17, 15) is 5.11 Å². The summed E-state index contributed by atoms with van der Waals surface area (Å²) in [4.78, 5) is 0. The maximum Gasteiger partial charge on any atom is 0.0975 e. The van der Waals surface area contributed by atoms with E-state index >= 15 is 0 Å². The van der Waals surface area contributed by atoms with Crippen molar-refractivity contribution in [3.63, 3.8) is 0 Å². The number of rotatable bonds is 1. The Morgan fingerprint density at radius 1 is 1.18 bits per heavy atom. The smallest absolute Gasteiger partial charge is 0.0975 e. The van der Waals surface area contributed by atoms with Crippen LogP contribution in [0.15, 0.2) is 0 Å². The molecule has 0 amide bonds. The quantitative estimate of drug-likeness (QED) is 0.712. The first-order valence-corrected chi connectivity index (χ1v) is 7.13. The molecule has 3 rings (SSSR count). The molecule has 1 N–H and O–H groups in total. The molecule has 5 atom stereocenters. The van der Waals surface area contributed by atoms with Gasteiger partial charge in [-0.05, 0) is 42.9 Å². The molecule has 98 valence electrons. The van der Waals surface area contributed by atoms with Gasteiger partial charge in [0.15, 0.2) is 0 Å². The van der Waals surface area contributed by atoms with Gasteiger partial charge in [0.25, 0.3) is 0 Å². The molecule has 0 bridgehead atoms. The molecule has 0 aromatic carbocycles. The minimum Gasteiger partial charge on any atom is -0.396 e. The molecule has 2 saturated carbocycles. The lowest BCUT2D eigenvalue weighted by Gasteiger charge is -2.57. The Morgan fingerprint density at radius 3 is 2.53 bits per heavy atom. The van der Waals surface area contributed by atoms with Crippen LogP contribution in [0.25, 0.3) is 0 Å². The molecule has 0 radical (unpaired) electrons. The van der Waals surface area contributed by atoms with Crippen LogP contribution in [0.5, 0.6) is 0 Å². The zero-order valence-electron chi connectivity index (χ0n) is 11.6. The van der Waals surface area contributed by atoms with Gasteiger partial charge < -0.3 is 9.84 Å². The first-order valence-electron chi connectivity index (χ1n) is 7.13. The number of hydrogen-bond donors (Lipinski definition) is 1. The minimum absolute atomic E-state index is 0.0204. The SMILES string of the molecule is CC1(C)CCC[C@]2(C)[C@@H](CO)[C@@]3(C)OC3C[C@@H]12. The van der Waals surface area contributed by atoms with Crippen LogP contribution < -0.4 is 0 Å². The first kappa shape index (κ1) is 12.0. The second kappa shape index (κ2) is 3.27. The molecular weight excluding hydrogens is 212 g/mol. The molecule has 17 heavy (non-hydrogen) atoms. The van der Waals surface area contributed by atoms with Gasteiger partial charge in [0, 0.05) is 12.5 Å². The van der Waals surface area contributed by atoms with Crippen LogP contribution in [-0.4, -0.2) is 23.4 Å². The van der Waals surface area contributed by atoms with Crippen molar-refractivity contribution in [2.45, 2.75) is 65.1 Å². The number of fused-ring (bicyclic) bond motifs is 2. The van der Waals surface area contributed by atoms with Crippen LogP contribution in [0.1, 0.15) is 53.4 Å². The van der Waals surface area contributed by atoms with Gasteiger partial charge in [0.2, 0.25) is 0 Å². The van der Waals surface area contributed by atoms with Crippen molar-refractivity contribution in [3.8, 4) is 0 Å². The molecule has 0 spiro atoms. The molecule has 1 heterocycles. The standard InChI is InChI=1S/C15H26O2/c1-13(2)6-5-7-14(3)10(13)8-12-15(4,17-12)11(14)9-16/h10-12,16H,5-9H2,1-4H3/t10-,11+,12?,14-,15+/m0/s1. The highest BCUT2D eigenvalue weighted by atomic mass is 16.6. The van der Waals surface area contributed by atoms with Gasteiger partial charge in [-0.1, -0.05) is 27.2 Å². The molecule has 1 unspecified atom stereocenters. The predicted molar refractivity (Wildman–Crippen MR) is 67.7 cm³/mol. The van der Waals surface area contributed by atoms with Crippen LogP contribution in [0, 0.1) is 22.7 Å². The average Bonchev–Trinajstić information content (AvgIpc) is 2.86. The summed E-state index contributed by atoms with van der Waals surface area (Å²) < 4.78 is 5.96. The van der Waals surface area contributed by atoms with E-state index in [1.165, 1.54) is 25.7 Å². The Hall–Kier alpha value is -0.0800. The number of ether oxygens (including phenoxy) is 1. The van der Waals surface area contributed by atoms with Gasteiger partial charge in [-0.3, -0.25) is 0 Å². The number of aliphatic hydroxyl groups is 1. The lowest BCUT2D eigenvalue weighted by atomic mass is 9.47. The van der Waals surface area contributed by atoms with E-state index in [0.717, 1.165) is 0 Å². The van der Waals surface area contributed by atoms with E-state index in [2.05, 4.69) is 27.7 Å². The first-order chi connectivity index (χ1) is 7.84. The molecule has 1 saturated heterocycles. The predicted octanol–water partition coefficient (Wildman–Crippen LogP) is 2.99. The molecular formula is C15H26O2. The van der Waals surface area contributed by atoms with Crippen LogP contribution in [0.3, 0.4) is 0 Å². The molecule has 3 fully saturated rings. The highest BCUT2D eigenvalue weighted by molar-refractivity contribution is 5.17. The summed E-state index contributed by atoms with van der Waals surface area (Å²) in [5, 5.41) is 9.85. The number of aliphatic hydroxyl groups excluding tert-OH is 1. The number of hydrogen-bond acceptors (Lipinski definition) is 2. The fourth-order valence-electron chi connectivity index (χ4n) is 5.29. The minimum atomic E-state index is -0.0204. The fourth-order valence-corrected chi connectivity index (χ4v) is 5.29. The molecule has 0 aromatic rings. The van der Waals surface area contributed by atoms with Crippen LogP contribution in [0.2, 0.25) is 0 Å². The fraction of sp³-hybridized carbons (Fsp3) is 1.00. The third kappa shape index (κ3) is 1.40. The van der Waals surface area contributed by atoms with E-state index in [4.69, 9.17) is 4.74 Å². The Morgan fingerprint density at radius 2 is 1.88 bits per heavy atom. The molecule has 1 aliphatic heterocycles. The molecule has 2 nitrogen and oxygen atoms in total. The van der Waals surface area contributed by atoms with Crippen molar-refractivity contribution in [1.82, 2.24) is 0 Å². The van der Waals surface area contributed by atoms with E-state index < -0.39 is 0 Å². The van der Waals surface area contributed by atoms with Gasteiger partial charge in [-0.2, -0.15) is 0 Å². The summed E-state index contributed by atoms with van der Waals surface area (Å²) in [5.41, 5.74) is 0.666. The highest BCUT2D eigenvalue weighted by Crippen LogP contribution is 2.67. The zero-order chi connectivity index (χ0) is 12.5. The Labute approximate surface area is 105 Å². The number of epoxide rings is 1. The van der Waals surface area contributed by atoms with Crippen molar-refractivity contribution in [3.05, 3.63) is 0 Å². The van der Waals surface area contributed by atoms with Gasteiger partial charge >= 0.3 is 0 Å². The van der Waals surface area contributed by atoms with Crippen LogP contribution >= 0.6 is 0 Å². The Bertz CT molecular complexity index is 338. The van der Waals surface area contributed by atoms with Gasteiger partial charge in [-0.15, -0.1) is 0 Å². The highest BCUT2D eigenvalue weighted by Gasteiger charge is 2.69. The van der Waals surface area contributed by atoms with E-state index in [0.29, 0.717) is 23.4 Å². The summed E-state index contributed by atoms with van der Waals surface area (Å²) in [6.07, 6.45) is 5.51. The van der Waals surface area contributed by atoms with Gasteiger partial charge in [-0.25, -0.2) is 0 Å². The van der Waals surface area contributed by atoms with E-state index in [-0.39, 0.29) is 17.6 Å². The summed E-state index contributed by atoms with van der Waals surface area (Å²) in [5.74, 6) is 1.04. The topological polar surface area (TPSA) is 32.8 Å². The maximum absolute atomic E-state index is 9.85. The molecule has 2 aliphatic carbocycles. The Kier molecular flexibility index (Phi) is 2.30. The average molecular weight is 238 g/mol. The van der Waals surface area contributed by atoms with Crippen molar-refractivity contribution in [2.24, 2.45) is 22.7 Å². The van der Waals surface area contributed by atoms with Crippen molar-refractivity contribution >= 4 is 0 Å². The van der Waals surface area contributed by atoms with Crippen molar-refractivity contribution < 1.29 is 9.84 Å². The molecule has 0 aromatic heterocycles. The lowest BCUT2D eigenvalue weighted by molar-refractivity contribution is -0.0926. The van der Waals surface area contributed by atoms with Crippen molar-refractivity contribution in [2.75, 3.05) is 6.61 Å². The molecule has 2 heteroatoms. The summed E-state index contributed by atoms with van der Waals surface area (Å²) in [6.45, 7) is 9.73. The zero-order valence-corrected chi connectivity index (χ0v) is 11.6. The maximum atomic E-state index is 9.85. The monoisotopic (exact) mass is 238 g/mol. The van der Waals surface area contributed by atoms with E-state index in [1.807, 2.05) is 0 Å². The third-order valence-corrected chi connectivity index (χ3v) is 6.37. The summed E-state index contributed by atoms with van der Waals surface area (Å²) in [6, 6.07) is 0. The summed E-state index contributed by atoms with van der Waals surface area (Å²) in [7, 11) is 0.